The van der Waals surface area contributed by atoms with Gasteiger partial charge in [0.1, 0.15) is 5.82 Å². The lowest BCUT2D eigenvalue weighted by Crippen LogP contribution is -2.33. The minimum absolute atomic E-state index is 0.0152. The zero-order chi connectivity index (χ0) is 15.2. The maximum atomic E-state index is 13.6. The Kier molecular flexibility index (Phi) is 5.10. The molecule has 1 saturated heterocycles. The van der Waals surface area contributed by atoms with Crippen molar-refractivity contribution in [3.05, 3.63) is 24.0 Å². The number of carbonyl (C=O) groups excluding carboxylic acids is 2. The second kappa shape index (κ2) is 7.03. The van der Waals surface area contributed by atoms with Crippen LogP contribution in [0.5, 0.6) is 0 Å². The van der Waals surface area contributed by atoms with Gasteiger partial charge in [-0.15, -0.1) is 0 Å². The van der Waals surface area contributed by atoms with Gasteiger partial charge in [0, 0.05) is 31.7 Å². The number of hydrogen-bond acceptors (Lipinski definition) is 3. The third-order valence-electron chi connectivity index (χ3n) is 3.11. The SMILES string of the molecule is CC(=O)Nc1ccc(F)c(NC(=O)NCC2CCOC2)c1. The Morgan fingerprint density at radius 2 is 2.19 bits per heavy atom. The Morgan fingerprint density at radius 3 is 2.86 bits per heavy atom. The molecular weight excluding hydrogens is 277 g/mol. The van der Waals surface area contributed by atoms with Gasteiger partial charge in [0.05, 0.1) is 12.3 Å². The number of benzene rings is 1. The van der Waals surface area contributed by atoms with E-state index in [9.17, 15) is 14.0 Å². The van der Waals surface area contributed by atoms with Gasteiger partial charge in [-0.25, -0.2) is 9.18 Å². The molecule has 1 aliphatic heterocycles. The summed E-state index contributed by atoms with van der Waals surface area (Å²) in [5, 5.41) is 7.64. The fraction of sp³-hybridized carbons (Fsp3) is 0.429. The topological polar surface area (TPSA) is 79.5 Å². The van der Waals surface area contributed by atoms with E-state index in [0.717, 1.165) is 6.42 Å². The highest BCUT2D eigenvalue weighted by Crippen LogP contribution is 2.19. The maximum Gasteiger partial charge on any atom is 0.319 e. The lowest BCUT2D eigenvalue weighted by atomic mass is 10.1. The summed E-state index contributed by atoms with van der Waals surface area (Å²) in [5.41, 5.74) is 0.435. The van der Waals surface area contributed by atoms with Crippen LogP contribution in [0.3, 0.4) is 0 Å². The zero-order valence-electron chi connectivity index (χ0n) is 11.7. The molecule has 1 heterocycles. The Labute approximate surface area is 122 Å². The normalized spacial score (nSPS) is 17.3. The average molecular weight is 295 g/mol. The van der Waals surface area contributed by atoms with Crippen LogP contribution in [-0.4, -0.2) is 31.7 Å². The molecule has 0 aliphatic carbocycles. The van der Waals surface area contributed by atoms with Crippen molar-refractivity contribution in [3.63, 3.8) is 0 Å². The molecule has 3 amide bonds. The van der Waals surface area contributed by atoms with Gasteiger partial charge in [-0.3, -0.25) is 4.79 Å². The van der Waals surface area contributed by atoms with Gasteiger partial charge in [-0.2, -0.15) is 0 Å². The van der Waals surface area contributed by atoms with Gasteiger partial charge in [-0.05, 0) is 24.6 Å². The highest BCUT2D eigenvalue weighted by molar-refractivity contribution is 5.92. The van der Waals surface area contributed by atoms with Gasteiger partial charge in [-0.1, -0.05) is 0 Å². The lowest BCUT2D eigenvalue weighted by molar-refractivity contribution is -0.114. The molecule has 6 nitrogen and oxygen atoms in total. The maximum absolute atomic E-state index is 13.6. The molecule has 0 radical (unpaired) electrons. The molecule has 1 aromatic carbocycles. The van der Waals surface area contributed by atoms with Crippen molar-refractivity contribution in [1.29, 1.82) is 0 Å². The molecule has 1 unspecified atom stereocenters. The summed E-state index contributed by atoms with van der Waals surface area (Å²) in [4.78, 5) is 22.7. The summed E-state index contributed by atoms with van der Waals surface area (Å²) >= 11 is 0. The van der Waals surface area contributed by atoms with Gasteiger partial charge < -0.3 is 20.7 Å². The molecule has 0 aromatic heterocycles. The summed E-state index contributed by atoms with van der Waals surface area (Å²) in [6, 6.07) is 3.50. The number of anilines is 2. The Hall–Kier alpha value is -2.15. The second-order valence-electron chi connectivity index (χ2n) is 4.94. The van der Waals surface area contributed by atoms with Crippen molar-refractivity contribution < 1.29 is 18.7 Å². The number of nitrogens with one attached hydrogen (secondary N) is 3. The highest BCUT2D eigenvalue weighted by atomic mass is 19.1. The van der Waals surface area contributed by atoms with Gasteiger partial charge in [0.15, 0.2) is 0 Å². The Morgan fingerprint density at radius 1 is 1.38 bits per heavy atom. The van der Waals surface area contributed by atoms with Crippen LogP contribution in [-0.2, 0) is 9.53 Å². The van der Waals surface area contributed by atoms with Crippen molar-refractivity contribution in [2.75, 3.05) is 30.4 Å². The first-order chi connectivity index (χ1) is 10.0. The van der Waals surface area contributed by atoms with Gasteiger partial charge >= 0.3 is 6.03 Å². The first-order valence-electron chi connectivity index (χ1n) is 6.74. The molecule has 0 bridgehead atoms. The summed E-state index contributed by atoms with van der Waals surface area (Å²) in [7, 11) is 0. The molecular formula is C14H18FN3O3. The van der Waals surface area contributed by atoms with E-state index in [2.05, 4.69) is 16.0 Å². The Bertz CT molecular complexity index is 530. The van der Waals surface area contributed by atoms with Crippen LogP contribution in [0.2, 0.25) is 0 Å². The van der Waals surface area contributed by atoms with Gasteiger partial charge in [0.25, 0.3) is 0 Å². The van der Waals surface area contributed by atoms with Crippen LogP contribution < -0.4 is 16.0 Å². The van der Waals surface area contributed by atoms with E-state index in [1.807, 2.05) is 0 Å². The van der Waals surface area contributed by atoms with E-state index < -0.39 is 11.8 Å². The van der Waals surface area contributed by atoms with Crippen LogP contribution in [0.4, 0.5) is 20.6 Å². The van der Waals surface area contributed by atoms with E-state index in [4.69, 9.17) is 4.74 Å². The van der Waals surface area contributed by atoms with Crippen LogP contribution in [0.25, 0.3) is 0 Å². The number of carbonyl (C=O) groups is 2. The molecule has 7 heteroatoms. The van der Waals surface area contributed by atoms with Crippen molar-refractivity contribution in [3.8, 4) is 0 Å². The minimum Gasteiger partial charge on any atom is -0.381 e. The summed E-state index contributed by atoms with van der Waals surface area (Å²) in [6.07, 6.45) is 0.909. The molecule has 0 saturated carbocycles. The summed E-state index contributed by atoms with van der Waals surface area (Å²) < 4.78 is 18.8. The quantitative estimate of drug-likeness (QED) is 0.794. The first-order valence-corrected chi connectivity index (χ1v) is 6.74. The van der Waals surface area contributed by atoms with E-state index in [1.165, 1.54) is 25.1 Å². The molecule has 1 atom stereocenters. The van der Waals surface area contributed by atoms with Crippen LogP contribution in [0, 0.1) is 11.7 Å². The molecule has 1 aliphatic rings. The van der Waals surface area contributed by atoms with E-state index in [1.54, 1.807) is 0 Å². The monoisotopic (exact) mass is 295 g/mol. The fourth-order valence-corrected chi connectivity index (χ4v) is 2.05. The van der Waals surface area contributed by atoms with E-state index >= 15 is 0 Å². The van der Waals surface area contributed by atoms with E-state index in [0.29, 0.717) is 31.4 Å². The summed E-state index contributed by atoms with van der Waals surface area (Å²) in [5.74, 6) is -0.534. The number of hydrogen-bond donors (Lipinski definition) is 3. The first kappa shape index (κ1) is 15.2. The molecule has 0 spiro atoms. The Balaban J connectivity index is 1.90. The van der Waals surface area contributed by atoms with Crippen molar-refractivity contribution in [1.82, 2.24) is 5.32 Å². The minimum atomic E-state index is -0.566. The van der Waals surface area contributed by atoms with Crippen molar-refractivity contribution in [2.45, 2.75) is 13.3 Å². The third kappa shape index (κ3) is 4.71. The average Bonchev–Trinajstić information content (AvgIpc) is 2.93. The number of urea groups is 1. The number of rotatable bonds is 4. The highest BCUT2D eigenvalue weighted by Gasteiger charge is 2.16. The van der Waals surface area contributed by atoms with Crippen molar-refractivity contribution >= 4 is 23.3 Å². The fourth-order valence-electron chi connectivity index (χ4n) is 2.05. The number of halogens is 1. The number of ether oxygens (including phenoxy) is 1. The lowest BCUT2D eigenvalue weighted by Gasteiger charge is -2.12. The third-order valence-corrected chi connectivity index (χ3v) is 3.11. The standard InChI is InChI=1S/C14H18FN3O3/c1-9(19)17-11-2-3-12(15)13(6-11)18-14(20)16-7-10-4-5-21-8-10/h2-3,6,10H,4-5,7-8H2,1H3,(H,17,19)(H2,16,18,20). The zero-order valence-corrected chi connectivity index (χ0v) is 11.7. The van der Waals surface area contributed by atoms with Crippen LogP contribution >= 0.6 is 0 Å². The summed E-state index contributed by atoms with van der Waals surface area (Å²) in [6.45, 7) is 3.18. The van der Waals surface area contributed by atoms with Crippen LogP contribution in [0.1, 0.15) is 13.3 Å². The molecule has 114 valence electrons. The molecule has 1 aromatic rings. The van der Waals surface area contributed by atoms with Crippen LogP contribution in [0.15, 0.2) is 18.2 Å². The predicted molar refractivity (Wildman–Crippen MR) is 76.7 cm³/mol. The number of amides is 3. The smallest absolute Gasteiger partial charge is 0.319 e. The molecule has 2 rings (SSSR count). The molecule has 1 fully saturated rings. The molecule has 21 heavy (non-hydrogen) atoms. The van der Waals surface area contributed by atoms with Gasteiger partial charge in [0.2, 0.25) is 5.91 Å². The van der Waals surface area contributed by atoms with Crippen molar-refractivity contribution in [2.24, 2.45) is 5.92 Å². The second-order valence-corrected chi connectivity index (χ2v) is 4.94. The van der Waals surface area contributed by atoms with E-state index in [-0.39, 0.29) is 11.6 Å². The molecule has 3 N–H and O–H groups in total. The largest absolute Gasteiger partial charge is 0.381 e. The predicted octanol–water partition coefficient (Wildman–Crippen LogP) is 1.94.